The number of ether oxygens (including phenoxy) is 1. The number of anilines is 2. The maximum atomic E-state index is 8.60. The molecule has 12 heavy (non-hydrogen) atoms. The molecular weight excluding hydrogens is 156 g/mol. The van der Waals surface area contributed by atoms with Crippen LogP contribution in [0.5, 0.6) is 5.75 Å². The van der Waals surface area contributed by atoms with E-state index in [4.69, 9.17) is 15.6 Å². The van der Waals surface area contributed by atoms with Crippen LogP contribution in [-0.4, -0.2) is 18.9 Å². The fourth-order valence-corrected chi connectivity index (χ4v) is 0.901. The third kappa shape index (κ3) is 1.79. The number of hydrogen-bond acceptors (Lipinski definition) is 4. The minimum absolute atomic E-state index is 0.142. The van der Waals surface area contributed by atoms with Gasteiger partial charge in [0, 0.05) is 6.07 Å². The van der Waals surface area contributed by atoms with Gasteiger partial charge in [0.1, 0.15) is 12.5 Å². The summed E-state index contributed by atoms with van der Waals surface area (Å²) in [6.45, 7) is -0.142. The highest BCUT2D eigenvalue weighted by atomic mass is 16.5. The zero-order valence-electron chi connectivity index (χ0n) is 6.87. The molecule has 4 heteroatoms. The largest absolute Gasteiger partial charge is 0.497 e. The fourth-order valence-electron chi connectivity index (χ4n) is 0.901. The molecule has 0 amide bonds. The van der Waals surface area contributed by atoms with Crippen LogP contribution in [0, 0.1) is 0 Å². The van der Waals surface area contributed by atoms with E-state index in [1.54, 1.807) is 25.3 Å². The molecular formula is C8H12N2O2. The molecule has 0 bridgehead atoms. The second-order valence-corrected chi connectivity index (χ2v) is 2.29. The molecule has 4 N–H and O–H groups in total. The second-order valence-electron chi connectivity index (χ2n) is 2.29. The minimum atomic E-state index is -0.142. The highest BCUT2D eigenvalue weighted by Gasteiger charge is 1.98. The van der Waals surface area contributed by atoms with E-state index in [0.29, 0.717) is 17.1 Å². The van der Waals surface area contributed by atoms with E-state index in [9.17, 15) is 0 Å². The van der Waals surface area contributed by atoms with E-state index in [2.05, 4.69) is 5.32 Å². The maximum Gasteiger partial charge on any atom is 0.121 e. The molecule has 0 fully saturated rings. The van der Waals surface area contributed by atoms with Crippen LogP contribution in [0.4, 0.5) is 11.4 Å². The van der Waals surface area contributed by atoms with E-state index < -0.39 is 0 Å². The van der Waals surface area contributed by atoms with Gasteiger partial charge in [0.05, 0.1) is 18.5 Å². The monoisotopic (exact) mass is 168 g/mol. The molecule has 0 heterocycles. The quantitative estimate of drug-likeness (QED) is 0.457. The zero-order chi connectivity index (χ0) is 8.97. The van der Waals surface area contributed by atoms with Crippen molar-refractivity contribution in [1.29, 1.82) is 0 Å². The number of nitrogens with one attached hydrogen (secondary N) is 1. The van der Waals surface area contributed by atoms with Crippen molar-refractivity contribution in [1.82, 2.24) is 0 Å². The van der Waals surface area contributed by atoms with Crippen LogP contribution >= 0.6 is 0 Å². The molecule has 0 radical (unpaired) electrons. The average Bonchev–Trinajstić information content (AvgIpc) is 2.09. The second kappa shape index (κ2) is 3.82. The molecule has 0 saturated heterocycles. The van der Waals surface area contributed by atoms with Crippen LogP contribution in [-0.2, 0) is 0 Å². The van der Waals surface area contributed by atoms with Gasteiger partial charge in [-0.2, -0.15) is 0 Å². The normalized spacial score (nSPS) is 9.50. The smallest absolute Gasteiger partial charge is 0.121 e. The van der Waals surface area contributed by atoms with Crippen molar-refractivity contribution in [2.24, 2.45) is 0 Å². The summed E-state index contributed by atoms with van der Waals surface area (Å²) in [4.78, 5) is 0. The summed E-state index contributed by atoms with van der Waals surface area (Å²) in [7, 11) is 1.58. The Kier molecular flexibility index (Phi) is 2.76. The lowest BCUT2D eigenvalue weighted by Crippen LogP contribution is -2.02. The molecule has 0 aliphatic heterocycles. The summed E-state index contributed by atoms with van der Waals surface area (Å²) in [5.74, 6) is 0.708. The van der Waals surface area contributed by atoms with Crippen molar-refractivity contribution >= 4 is 11.4 Å². The van der Waals surface area contributed by atoms with Gasteiger partial charge in [0.15, 0.2) is 0 Å². The number of aliphatic hydroxyl groups is 1. The number of nitrogen functional groups attached to an aromatic ring is 1. The lowest BCUT2D eigenvalue weighted by molar-refractivity contribution is 0.325. The number of hydrogen-bond donors (Lipinski definition) is 3. The van der Waals surface area contributed by atoms with Gasteiger partial charge in [-0.05, 0) is 12.1 Å². The maximum absolute atomic E-state index is 8.60. The van der Waals surface area contributed by atoms with Crippen molar-refractivity contribution in [3.63, 3.8) is 0 Å². The number of aliphatic hydroxyl groups excluding tert-OH is 1. The Hall–Kier alpha value is -1.42. The van der Waals surface area contributed by atoms with Gasteiger partial charge in [-0.15, -0.1) is 0 Å². The topological polar surface area (TPSA) is 67.5 Å². The van der Waals surface area contributed by atoms with Crippen LogP contribution in [0.15, 0.2) is 18.2 Å². The Balaban J connectivity index is 2.91. The molecule has 0 atom stereocenters. The molecule has 0 aliphatic rings. The lowest BCUT2D eigenvalue weighted by Gasteiger charge is -2.08. The van der Waals surface area contributed by atoms with Crippen molar-refractivity contribution in [3.8, 4) is 5.75 Å². The summed E-state index contributed by atoms with van der Waals surface area (Å²) in [5.41, 5.74) is 6.87. The molecule has 66 valence electrons. The molecule has 0 saturated carbocycles. The Morgan fingerprint density at radius 1 is 1.58 bits per heavy atom. The number of methoxy groups -OCH3 is 1. The molecule has 0 aliphatic carbocycles. The summed E-state index contributed by atoms with van der Waals surface area (Å²) in [6, 6.07) is 5.21. The van der Waals surface area contributed by atoms with E-state index in [0.717, 1.165) is 0 Å². The van der Waals surface area contributed by atoms with Gasteiger partial charge >= 0.3 is 0 Å². The number of rotatable bonds is 3. The first-order valence-corrected chi connectivity index (χ1v) is 3.56. The average molecular weight is 168 g/mol. The van der Waals surface area contributed by atoms with Crippen LogP contribution in [0.3, 0.4) is 0 Å². The summed E-state index contributed by atoms with van der Waals surface area (Å²) < 4.78 is 4.98. The molecule has 0 spiro atoms. The summed E-state index contributed by atoms with van der Waals surface area (Å²) in [6.07, 6.45) is 0. The van der Waals surface area contributed by atoms with Crippen LogP contribution in [0.1, 0.15) is 0 Å². The predicted octanol–water partition coefficient (Wildman–Crippen LogP) is 0.639. The summed E-state index contributed by atoms with van der Waals surface area (Å²) >= 11 is 0. The third-order valence-electron chi connectivity index (χ3n) is 1.53. The van der Waals surface area contributed by atoms with Crippen molar-refractivity contribution in [2.45, 2.75) is 0 Å². The Morgan fingerprint density at radius 3 is 2.92 bits per heavy atom. The molecule has 1 aromatic rings. The first kappa shape index (κ1) is 8.67. The highest BCUT2D eigenvalue weighted by molar-refractivity contribution is 5.67. The molecule has 1 aromatic carbocycles. The van der Waals surface area contributed by atoms with Crippen molar-refractivity contribution < 1.29 is 9.84 Å². The standard InChI is InChI=1S/C8H12N2O2/c1-12-6-2-3-7(9)8(4-6)10-5-11/h2-4,10-11H,5,9H2,1H3. The third-order valence-corrected chi connectivity index (χ3v) is 1.53. The lowest BCUT2D eigenvalue weighted by atomic mass is 10.2. The molecule has 1 rings (SSSR count). The van der Waals surface area contributed by atoms with Gasteiger partial charge in [-0.25, -0.2) is 0 Å². The number of nitrogens with two attached hydrogens (primary N) is 1. The molecule has 0 aromatic heterocycles. The van der Waals surface area contributed by atoms with Crippen LogP contribution in [0.2, 0.25) is 0 Å². The Morgan fingerprint density at radius 2 is 2.33 bits per heavy atom. The first-order valence-electron chi connectivity index (χ1n) is 3.56. The van der Waals surface area contributed by atoms with Crippen LogP contribution in [0.25, 0.3) is 0 Å². The first-order chi connectivity index (χ1) is 5.77. The van der Waals surface area contributed by atoms with E-state index in [1.165, 1.54) is 0 Å². The van der Waals surface area contributed by atoms with Gasteiger partial charge in [0.2, 0.25) is 0 Å². The minimum Gasteiger partial charge on any atom is -0.497 e. The van der Waals surface area contributed by atoms with Crippen molar-refractivity contribution in [3.05, 3.63) is 18.2 Å². The van der Waals surface area contributed by atoms with Gasteiger partial charge in [-0.3, -0.25) is 0 Å². The van der Waals surface area contributed by atoms with E-state index >= 15 is 0 Å². The van der Waals surface area contributed by atoms with Gasteiger partial charge < -0.3 is 20.9 Å². The molecule has 4 nitrogen and oxygen atoms in total. The van der Waals surface area contributed by atoms with Gasteiger partial charge in [0.25, 0.3) is 0 Å². The van der Waals surface area contributed by atoms with Gasteiger partial charge in [-0.1, -0.05) is 0 Å². The Labute approximate surface area is 71.0 Å². The van der Waals surface area contributed by atoms with Crippen molar-refractivity contribution in [2.75, 3.05) is 24.9 Å². The van der Waals surface area contributed by atoms with Crippen LogP contribution < -0.4 is 15.8 Å². The SMILES string of the molecule is COc1ccc(N)c(NCO)c1. The summed E-state index contributed by atoms with van der Waals surface area (Å²) in [5, 5.41) is 11.3. The number of benzene rings is 1. The Bertz CT molecular complexity index is 263. The predicted molar refractivity (Wildman–Crippen MR) is 48.1 cm³/mol. The van der Waals surface area contributed by atoms with E-state index in [-0.39, 0.29) is 6.73 Å². The molecule has 0 unspecified atom stereocenters. The van der Waals surface area contributed by atoms with E-state index in [1.807, 2.05) is 0 Å². The zero-order valence-corrected chi connectivity index (χ0v) is 6.87. The highest BCUT2D eigenvalue weighted by Crippen LogP contribution is 2.23. The fraction of sp³-hybridized carbons (Fsp3) is 0.250.